The lowest BCUT2D eigenvalue weighted by Crippen LogP contribution is -2.15. The smallest absolute Gasteiger partial charge is 0.163 e. The molecule has 1 N–H and O–H groups in total. The van der Waals surface area contributed by atoms with Crippen LogP contribution in [0.5, 0.6) is 11.5 Å². The fourth-order valence-corrected chi connectivity index (χ4v) is 2.76. The van der Waals surface area contributed by atoms with E-state index in [1.807, 2.05) is 6.07 Å². The molecule has 20 heavy (non-hydrogen) atoms. The van der Waals surface area contributed by atoms with Crippen LogP contribution in [-0.4, -0.2) is 29.5 Å². The van der Waals surface area contributed by atoms with Gasteiger partial charge in [-0.25, -0.2) is 0 Å². The van der Waals surface area contributed by atoms with Gasteiger partial charge in [0.15, 0.2) is 11.5 Å². The molecule has 0 saturated heterocycles. The highest BCUT2D eigenvalue weighted by atomic mass is 16.6. The largest absolute Gasteiger partial charge is 0.486 e. The van der Waals surface area contributed by atoms with Gasteiger partial charge in [0, 0.05) is 24.2 Å². The molecule has 0 radical (unpaired) electrons. The minimum atomic E-state index is 0.144. The number of unbranched alkanes of at least 4 members (excludes halogenated alkanes) is 1. The van der Waals surface area contributed by atoms with Crippen molar-refractivity contribution in [2.24, 2.45) is 0 Å². The summed E-state index contributed by atoms with van der Waals surface area (Å²) in [6, 6.07) is 4.12. The van der Waals surface area contributed by atoms with Gasteiger partial charge in [-0.1, -0.05) is 13.3 Å². The highest BCUT2D eigenvalue weighted by Gasteiger charge is 2.17. The summed E-state index contributed by atoms with van der Waals surface area (Å²) in [5, 5.41) is 10.4. The van der Waals surface area contributed by atoms with Crippen LogP contribution in [0.4, 0.5) is 0 Å². The summed E-state index contributed by atoms with van der Waals surface area (Å²) in [5.74, 6) is 1.64. The second-order valence-corrected chi connectivity index (χ2v) is 5.19. The lowest BCUT2D eigenvalue weighted by atomic mass is 10.1. The summed E-state index contributed by atoms with van der Waals surface area (Å²) in [6.07, 6.45) is 5.57. The number of hydrogen-bond acceptors (Lipinski definition) is 3. The fourth-order valence-electron chi connectivity index (χ4n) is 2.76. The van der Waals surface area contributed by atoms with E-state index in [0.29, 0.717) is 19.8 Å². The molecule has 0 fully saturated rings. The van der Waals surface area contributed by atoms with Crippen molar-refractivity contribution in [2.45, 2.75) is 32.7 Å². The standard InChI is InChI=1S/C16H21NO3/c1-2-3-4-12-11-17(5-6-18)14-10-16-15(9-13(12)14)19-7-8-20-16/h9-11,18H,2-8H2,1H3. The molecule has 0 saturated carbocycles. The molecule has 2 heterocycles. The summed E-state index contributed by atoms with van der Waals surface area (Å²) in [7, 11) is 0. The fraction of sp³-hybridized carbons (Fsp3) is 0.500. The van der Waals surface area contributed by atoms with Gasteiger partial charge in [-0.15, -0.1) is 0 Å². The van der Waals surface area contributed by atoms with Crippen molar-refractivity contribution in [1.29, 1.82) is 0 Å². The van der Waals surface area contributed by atoms with Crippen LogP contribution in [0.2, 0.25) is 0 Å². The highest BCUT2D eigenvalue weighted by molar-refractivity contribution is 5.87. The zero-order valence-corrected chi connectivity index (χ0v) is 11.9. The van der Waals surface area contributed by atoms with Crippen LogP contribution >= 0.6 is 0 Å². The van der Waals surface area contributed by atoms with E-state index >= 15 is 0 Å². The number of aromatic nitrogens is 1. The van der Waals surface area contributed by atoms with Crippen LogP contribution in [0.3, 0.4) is 0 Å². The van der Waals surface area contributed by atoms with Crippen LogP contribution < -0.4 is 9.47 Å². The number of benzene rings is 1. The summed E-state index contributed by atoms with van der Waals surface area (Å²) < 4.78 is 13.4. The van der Waals surface area contributed by atoms with Crippen LogP contribution in [0.15, 0.2) is 18.3 Å². The molecule has 0 unspecified atom stereocenters. The van der Waals surface area contributed by atoms with E-state index in [2.05, 4.69) is 23.8 Å². The van der Waals surface area contributed by atoms with Gasteiger partial charge in [0.1, 0.15) is 13.2 Å². The van der Waals surface area contributed by atoms with Crippen LogP contribution in [0.25, 0.3) is 10.9 Å². The van der Waals surface area contributed by atoms with Gasteiger partial charge >= 0.3 is 0 Å². The SMILES string of the molecule is CCCCc1cn(CCO)c2cc3c(cc12)OCCO3. The predicted octanol–water partition coefficient (Wildman–Crippen LogP) is 2.75. The lowest BCUT2D eigenvalue weighted by Gasteiger charge is -2.18. The molecular weight excluding hydrogens is 254 g/mol. The van der Waals surface area contributed by atoms with Gasteiger partial charge in [0.05, 0.1) is 12.1 Å². The molecule has 108 valence electrons. The Morgan fingerprint density at radius 2 is 1.95 bits per heavy atom. The zero-order chi connectivity index (χ0) is 13.9. The van der Waals surface area contributed by atoms with Crippen molar-refractivity contribution in [3.63, 3.8) is 0 Å². The average Bonchev–Trinajstić information content (AvgIpc) is 2.81. The van der Waals surface area contributed by atoms with Crippen molar-refractivity contribution in [2.75, 3.05) is 19.8 Å². The van der Waals surface area contributed by atoms with E-state index in [9.17, 15) is 5.11 Å². The Kier molecular flexibility index (Phi) is 3.83. The molecule has 0 spiro atoms. The monoisotopic (exact) mass is 275 g/mol. The number of aliphatic hydroxyl groups is 1. The Balaban J connectivity index is 2.09. The van der Waals surface area contributed by atoms with Gasteiger partial charge in [-0.3, -0.25) is 0 Å². The number of aryl methyl sites for hydroxylation is 1. The average molecular weight is 275 g/mol. The van der Waals surface area contributed by atoms with Crippen molar-refractivity contribution < 1.29 is 14.6 Å². The molecule has 1 aromatic carbocycles. The van der Waals surface area contributed by atoms with Gasteiger partial charge in [-0.05, 0) is 24.5 Å². The molecule has 2 aromatic rings. The van der Waals surface area contributed by atoms with Crippen molar-refractivity contribution in [1.82, 2.24) is 4.57 Å². The minimum absolute atomic E-state index is 0.144. The number of aliphatic hydroxyl groups excluding tert-OH is 1. The number of ether oxygens (including phenoxy) is 2. The van der Waals surface area contributed by atoms with E-state index in [-0.39, 0.29) is 6.61 Å². The van der Waals surface area contributed by atoms with Crippen molar-refractivity contribution in [3.05, 3.63) is 23.9 Å². The Morgan fingerprint density at radius 1 is 1.20 bits per heavy atom. The Bertz CT molecular complexity index is 603. The maximum Gasteiger partial charge on any atom is 0.163 e. The van der Waals surface area contributed by atoms with Crippen LogP contribution in [0, 0.1) is 0 Å². The molecule has 4 nitrogen and oxygen atoms in total. The molecule has 3 rings (SSSR count). The zero-order valence-electron chi connectivity index (χ0n) is 11.9. The topological polar surface area (TPSA) is 43.6 Å². The number of nitrogens with zero attached hydrogens (tertiary/aromatic N) is 1. The number of rotatable bonds is 5. The Labute approximate surface area is 118 Å². The van der Waals surface area contributed by atoms with Gasteiger partial charge in [0.2, 0.25) is 0 Å². The predicted molar refractivity (Wildman–Crippen MR) is 78.6 cm³/mol. The number of hydrogen-bond donors (Lipinski definition) is 1. The molecule has 0 atom stereocenters. The molecule has 0 bridgehead atoms. The van der Waals surface area contributed by atoms with E-state index in [4.69, 9.17) is 9.47 Å². The molecular formula is C16H21NO3. The van der Waals surface area contributed by atoms with E-state index in [1.54, 1.807) is 0 Å². The van der Waals surface area contributed by atoms with Crippen LogP contribution in [0.1, 0.15) is 25.3 Å². The van der Waals surface area contributed by atoms with Crippen molar-refractivity contribution in [3.8, 4) is 11.5 Å². The molecule has 1 aliphatic rings. The first-order chi connectivity index (χ1) is 9.83. The van der Waals surface area contributed by atoms with Crippen molar-refractivity contribution >= 4 is 10.9 Å². The Morgan fingerprint density at radius 3 is 2.65 bits per heavy atom. The maximum atomic E-state index is 9.23. The third-order valence-electron chi connectivity index (χ3n) is 3.77. The summed E-state index contributed by atoms with van der Waals surface area (Å²) >= 11 is 0. The van der Waals surface area contributed by atoms with Gasteiger partial charge in [-0.2, -0.15) is 0 Å². The minimum Gasteiger partial charge on any atom is -0.486 e. The first-order valence-corrected chi connectivity index (χ1v) is 7.35. The summed E-state index contributed by atoms with van der Waals surface area (Å²) in [6.45, 7) is 4.17. The molecule has 0 aliphatic carbocycles. The Hall–Kier alpha value is -1.68. The van der Waals surface area contributed by atoms with E-state index < -0.39 is 0 Å². The summed E-state index contributed by atoms with van der Waals surface area (Å²) in [4.78, 5) is 0. The van der Waals surface area contributed by atoms with Gasteiger partial charge in [0.25, 0.3) is 0 Å². The van der Waals surface area contributed by atoms with E-state index in [0.717, 1.165) is 23.4 Å². The molecule has 4 heteroatoms. The molecule has 1 aliphatic heterocycles. The van der Waals surface area contributed by atoms with Gasteiger partial charge < -0.3 is 19.1 Å². The lowest BCUT2D eigenvalue weighted by molar-refractivity contribution is 0.172. The maximum absolute atomic E-state index is 9.23. The normalized spacial score (nSPS) is 13.9. The first-order valence-electron chi connectivity index (χ1n) is 7.35. The molecule has 0 amide bonds. The third-order valence-corrected chi connectivity index (χ3v) is 3.77. The third kappa shape index (κ3) is 2.36. The number of fused-ring (bicyclic) bond motifs is 2. The first kappa shape index (κ1) is 13.3. The highest BCUT2D eigenvalue weighted by Crippen LogP contribution is 2.37. The quantitative estimate of drug-likeness (QED) is 0.912. The second kappa shape index (κ2) is 5.75. The summed E-state index contributed by atoms with van der Waals surface area (Å²) in [5.41, 5.74) is 2.45. The second-order valence-electron chi connectivity index (χ2n) is 5.19. The van der Waals surface area contributed by atoms with E-state index in [1.165, 1.54) is 23.8 Å². The van der Waals surface area contributed by atoms with Crippen LogP contribution in [-0.2, 0) is 13.0 Å². The molecule has 1 aromatic heterocycles.